The zero-order valence-electron chi connectivity index (χ0n) is 5.89. The van der Waals surface area contributed by atoms with Crippen molar-refractivity contribution in [2.45, 2.75) is 0 Å². The van der Waals surface area contributed by atoms with E-state index >= 15 is 0 Å². The van der Waals surface area contributed by atoms with Crippen LogP contribution >= 0.6 is 0 Å². The summed E-state index contributed by atoms with van der Waals surface area (Å²) in [5, 5.41) is 20.9. The van der Waals surface area contributed by atoms with Crippen LogP contribution < -0.4 is 5.73 Å². The number of nitrogens with two attached hydrogens (primary N) is 1. The van der Waals surface area contributed by atoms with E-state index in [1.807, 2.05) is 0 Å². The maximum Gasteiger partial charge on any atom is 0.414 e. The molecular formula is C5H7N3O4. The predicted molar refractivity (Wildman–Crippen MR) is 38.3 cm³/mol. The van der Waals surface area contributed by atoms with E-state index in [0.717, 1.165) is 0 Å². The van der Waals surface area contributed by atoms with Crippen LogP contribution in [-0.4, -0.2) is 32.3 Å². The highest BCUT2D eigenvalue weighted by atomic mass is 16.4. The Morgan fingerprint density at radius 3 is 2.00 bits per heavy atom. The quantitative estimate of drug-likeness (QED) is 0.378. The molecule has 0 bridgehead atoms. The Morgan fingerprint density at radius 1 is 1.42 bits per heavy atom. The second-order valence-corrected chi connectivity index (χ2v) is 1.62. The van der Waals surface area contributed by atoms with Gasteiger partial charge in [-0.3, -0.25) is 5.10 Å². The summed E-state index contributed by atoms with van der Waals surface area (Å²) < 4.78 is 0. The Labute approximate surface area is 66.8 Å². The highest BCUT2D eigenvalue weighted by Gasteiger charge is 2.04. The molecule has 0 aromatic carbocycles. The van der Waals surface area contributed by atoms with Gasteiger partial charge in [-0.05, 0) is 6.07 Å². The van der Waals surface area contributed by atoms with Crippen LogP contribution in [0.25, 0.3) is 0 Å². The minimum Gasteiger partial charge on any atom is -0.473 e. The van der Waals surface area contributed by atoms with Gasteiger partial charge in [-0.25, -0.2) is 9.59 Å². The lowest BCUT2D eigenvalue weighted by atomic mass is 10.7. The molecule has 0 saturated heterocycles. The number of carboxylic acids is 2. The van der Waals surface area contributed by atoms with Crippen LogP contribution in [0, 0.1) is 0 Å². The number of anilines is 1. The topological polar surface area (TPSA) is 129 Å². The monoisotopic (exact) mass is 173 g/mol. The second-order valence-electron chi connectivity index (χ2n) is 1.62. The molecule has 0 amide bonds. The number of H-pyrrole nitrogens is 1. The number of nitrogens with zero attached hydrogens (tertiary/aromatic N) is 1. The van der Waals surface area contributed by atoms with Crippen LogP contribution in [0.3, 0.4) is 0 Å². The molecule has 1 aromatic rings. The van der Waals surface area contributed by atoms with Gasteiger partial charge in [0.25, 0.3) is 0 Å². The summed E-state index contributed by atoms with van der Waals surface area (Å²) >= 11 is 0. The molecule has 0 aliphatic carbocycles. The molecule has 5 N–H and O–H groups in total. The summed E-state index contributed by atoms with van der Waals surface area (Å²) in [6.07, 6.45) is 1.61. The summed E-state index contributed by atoms with van der Waals surface area (Å²) in [6.45, 7) is 0. The number of hydrogen-bond acceptors (Lipinski definition) is 4. The lowest BCUT2D eigenvalue weighted by Crippen LogP contribution is -2.09. The van der Waals surface area contributed by atoms with Crippen molar-refractivity contribution in [1.29, 1.82) is 0 Å². The molecule has 0 fully saturated rings. The molecule has 0 radical (unpaired) electrons. The third-order valence-corrected chi connectivity index (χ3v) is 0.705. The van der Waals surface area contributed by atoms with Crippen molar-refractivity contribution in [3.05, 3.63) is 12.3 Å². The SMILES string of the molecule is Nc1ccn[nH]1.O=C(O)C(=O)O. The van der Waals surface area contributed by atoms with Crippen LogP contribution in [0.2, 0.25) is 0 Å². The molecule has 0 spiro atoms. The van der Waals surface area contributed by atoms with Gasteiger partial charge < -0.3 is 15.9 Å². The summed E-state index contributed by atoms with van der Waals surface area (Å²) in [5.74, 6) is -3.04. The Bertz CT molecular complexity index is 244. The minimum atomic E-state index is -1.82. The Balaban J connectivity index is 0.000000202. The van der Waals surface area contributed by atoms with Crippen LogP contribution in [0.4, 0.5) is 5.82 Å². The fourth-order valence-corrected chi connectivity index (χ4v) is 0.267. The molecule has 0 unspecified atom stereocenters. The Hall–Kier alpha value is -2.05. The molecule has 66 valence electrons. The number of hydrogen-bond donors (Lipinski definition) is 4. The zero-order chi connectivity index (χ0) is 9.56. The lowest BCUT2D eigenvalue weighted by molar-refractivity contribution is -0.159. The third-order valence-electron chi connectivity index (χ3n) is 0.705. The average Bonchev–Trinajstić information content (AvgIpc) is 2.40. The first-order chi connectivity index (χ1) is 5.54. The number of nitrogen functional groups attached to an aromatic ring is 1. The van der Waals surface area contributed by atoms with Gasteiger partial charge in [0, 0.05) is 0 Å². The molecule has 1 heterocycles. The molecule has 0 aliphatic rings. The molecule has 7 heteroatoms. The van der Waals surface area contributed by atoms with Crippen molar-refractivity contribution >= 4 is 17.8 Å². The largest absolute Gasteiger partial charge is 0.473 e. The molecule has 0 atom stereocenters. The molecular weight excluding hydrogens is 166 g/mol. The number of carbonyl (C=O) groups is 2. The van der Waals surface area contributed by atoms with Crippen molar-refractivity contribution in [2.24, 2.45) is 0 Å². The summed E-state index contributed by atoms with van der Waals surface area (Å²) in [4.78, 5) is 18.2. The number of rotatable bonds is 0. The van der Waals surface area contributed by atoms with Crippen molar-refractivity contribution < 1.29 is 19.8 Å². The number of aliphatic carboxylic acids is 2. The fourth-order valence-electron chi connectivity index (χ4n) is 0.267. The Kier molecular flexibility index (Phi) is 3.91. The molecule has 1 aromatic heterocycles. The normalized spacial score (nSPS) is 8.00. The van der Waals surface area contributed by atoms with Crippen molar-refractivity contribution in [3.8, 4) is 0 Å². The van der Waals surface area contributed by atoms with Gasteiger partial charge in [0.05, 0.1) is 6.20 Å². The maximum absolute atomic E-state index is 9.10. The first-order valence-corrected chi connectivity index (χ1v) is 2.75. The Morgan fingerprint density at radius 2 is 1.92 bits per heavy atom. The predicted octanol–water partition coefficient (Wildman–Crippen LogP) is -0.853. The van der Waals surface area contributed by atoms with Gasteiger partial charge in [0.1, 0.15) is 5.82 Å². The fraction of sp³-hybridized carbons (Fsp3) is 0. The molecule has 0 aliphatic heterocycles. The second kappa shape index (κ2) is 4.72. The average molecular weight is 173 g/mol. The van der Waals surface area contributed by atoms with E-state index in [2.05, 4.69) is 10.2 Å². The van der Waals surface area contributed by atoms with Gasteiger partial charge in [-0.1, -0.05) is 0 Å². The van der Waals surface area contributed by atoms with Gasteiger partial charge in [0.15, 0.2) is 0 Å². The van der Waals surface area contributed by atoms with E-state index in [-0.39, 0.29) is 0 Å². The minimum absolute atomic E-state index is 0.606. The van der Waals surface area contributed by atoms with E-state index in [0.29, 0.717) is 5.82 Å². The van der Waals surface area contributed by atoms with E-state index in [1.165, 1.54) is 0 Å². The maximum atomic E-state index is 9.10. The van der Waals surface area contributed by atoms with Crippen molar-refractivity contribution in [1.82, 2.24) is 10.2 Å². The van der Waals surface area contributed by atoms with Crippen molar-refractivity contribution in [3.63, 3.8) is 0 Å². The number of carboxylic acid groups (broad SMARTS) is 2. The number of nitrogens with one attached hydrogen (secondary N) is 1. The standard InChI is InChI=1S/C3H5N3.C2H2O4/c4-3-1-2-5-6-3;3-1(4)2(5)6/h1-2H,(H3,4,5,6);(H,3,4)(H,5,6). The van der Waals surface area contributed by atoms with Gasteiger partial charge >= 0.3 is 11.9 Å². The van der Waals surface area contributed by atoms with Crippen LogP contribution in [0.5, 0.6) is 0 Å². The molecule has 7 nitrogen and oxygen atoms in total. The third kappa shape index (κ3) is 4.79. The highest BCUT2D eigenvalue weighted by molar-refractivity contribution is 6.27. The van der Waals surface area contributed by atoms with Crippen molar-refractivity contribution in [2.75, 3.05) is 5.73 Å². The highest BCUT2D eigenvalue weighted by Crippen LogP contribution is 1.86. The van der Waals surface area contributed by atoms with E-state index in [1.54, 1.807) is 12.3 Å². The summed E-state index contributed by atoms with van der Waals surface area (Å²) in [5.41, 5.74) is 5.16. The van der Waals surface area contributed by atoms with E-state index < -0.39 is 11.9 Å². The van der Waals surface area contributed by atoms with Gasteiger partial charge in [-0.2, -0.15) is 5.10 Å². The summed E-state index contributed by atoms with van der Waals surface area (Å²) in [7, 11) is 0. The summed E-state index contributed by atoms with van der Waals surface area (Å²) in [6, 6.07) is 1.69. The van der Waals surface area contributed by atoms with Crippen LogP contribution in [0.15, 0.2) is 12.3 Å². The molecule has 0 saturated carbocycles. The lowest BCUT2D eigenvalue weighted by Gasteiger charge is -1.72. The molecule has 1 rings (SSSR count). The van der Waals surface area contributed by atoms with Gasteiger partial charge in [-0.15, -0.1) is 0 Å². The smallest absolute Gasteiger partial charge is 0.414 e. The van der Waals surface area contributed by atoms with Crippen LogP contribution in [-0.2, 0) is 9.59 Å². The first kappa shape index (κ1) is 9.95. The van der Waals surface area contributed by atoms with Gasteiger partial charge in [0.2, 0.25) is 0 Å². The first-order valence-electron chi connectivity index (χ1n) is 2.75. The van der Waals surface area contributed by atoms with E-state index in [4.69, 9.17) is 25.5 Å². The number of aromatic amines is 1. The molecule has 12 heavy (non-hydrogen) atoms. The van der Waals surface area contributed by atoms with E-state index in [9.17, 15) is 0 Å². The van der Waals surface area contributed by atoms with Crippen LogP contribution in [0.1, 0.15) is 0 Å². The zero-order valence-corrected chi connectivity index (χ0v) is 5.89. The number of aromatic nitrogens is 2.